The maximum absolute atomic E-state index is 12.7. The minimum atomic E-state index is -3.30. The summed E-state index contributed by atoms with van der Waals surface area (Å²) in [6.45, 7) is 2.02. The topological polar surface area (TPSA) is 93.3 Å². The van der Waals surface area contributed by atoms with Gasteiger partial charge in [0.15, 0.2) is 11.6 Å². The number of piperidine rings is 1. The zero-order chi connectivity index (χ0) is 19.2. The molecule has 2 aliphatic heterocycles. The molecule has 1 atom stereocenters. The van der Waals surface area contributed by atoms with Crippen LogP contribution in [-0.4, -0.2) is 62.2 Å². The number of amides is 1. The molecule has 1 amide bonds. The minimum Gasteiger partial charge on any atom is -0.347 e. The average Bonchev–Trinajstić information content (AvgIpc) is 3.26. The molecule has 0 N–H and O–H groups in total. The van der Waals surface area contributed by atoms with E-state index in [9.17, 15) is 13.2 Å². The molecule has 2 aliphatic rings. The highest BCUT2D eigenvalue weighted by Crippen LogP contribution is 2.33. The van der Waals surface area contributed by atoms with Gasteiger partial charge in [-0.25, -0.2) is 8.42 Å². The molecule has 1 saturated heterocycles. The van der Waals surface area contributed by atoms with Crippen molar-refractivity contribution < 1.29 is 13.2 Å². The van der Waals surface area contributed by atoms with Crippen LogP contribution in [0.2, 0.25) is 0 Å². The lowest BCUT2D eigenvalue weighted by atomic mass is 10.0. The number of carbonyl (C=O) groups is 1. The predicted octanol–water partition coefficient (Wildman–Crippen LogP) is 0.759. The van der Waals surface area contributed by atoms with Crippen LogP contribution < -0.4 is 0 Å². The summed E-state index contributed by atoms with van der Waals surface area (Å²) >= 11 is 0. The Hall–Kier alpha value is -2.20. The molecule has 0 aromatic carbocycles. The molecular formula is C17H24N6O3S. The second-order valence-electron chi connectivity index (χ2n) is 7.24. The fourth-order valence-corrected chi connectivity index (χ4v) is 5.13. The van der Waals surface area contributed by atoms with Crippen molar-refractivity contribution in [3.8, 4) is 0 Å². The van der Waals surface area contributed by atoms with E-state index in [1.807, 2.05) is 23.9 Å². The molecule has 27 heavy (non-hydrogen) atoms. The molecule has 0 saturated carbocycles. The van der Waals surface area contributed by atoms with Crippen molar-refractivity contribution in [1.29, 1.82) is 0 Å². The zero-order valence-corrected chi connectivity index (χ0v) is 16.4. The van der Waals surface area contributed by atoms with Gasteiger partial charge >= 0.3 is 0 Å². The number of hydrogen-bond acceptors (Lipinski definition) is 5. The molecule has 0 bridgehead atoms. The van der Waals surface area contributed by atoms with E-state index in [0.29, 0.717) is 43.5 Å². The Kier molecular flexibility index (Phi) is 4.55. The Labute approximate surface area is 158 Å². The van der Waals surface area contributed by atoms with Crippen molar-refractivity contribution in [3.63, 3.8) is 0 Å². The van der Waals surface area contributed by atoms with Crippen LogP contribution in [0.15, 0.2) is 18.3 Å². The first-order chi connectivity index (χ1) is 12.9. The fraction of sp³-hybridized carbons (Fsp3) is 0.588. The molecule has 0 aliphatic carbocycles. The Bertz CT molecular complexity index is 963. The zero-order valence-electron chi connectivity index (χ0n) is 15.6. The minimum absolute atomic E-state index is 0.0336. The molecule has 4 heterocycles. The Morgan fingerprint density at radius 2 is 2.00 bits per heavy atom. The van der Waals surface area contributed by atoms with Crippen LogP contribution in [0.3, 0.4) is 0 Å². The second kappa shape index (κ2) is 6.75. The molecule has 146 valence electrons. The van der Waals surface area contributed by atoms with E-state index < -0.39 is 10.0 Å². The SMILES string of the molecule is Cn1cccc1C(=O)N1CCn2c(nnc2C2CCCCN2S(C)(=O)=O)C1. The van der Waals surface area contributed by atoms with Gasteiger partial charge in [-0.3, -0.25) is 4.79 Å². The first kappa shape index (κ1) is 18.2. The maximum Gasteiger partial charge on any atom is 0.270 e. The largest absolute Gasteiger partial charge is 0.347 e. The third kappa shape index (κ3) is 3.27. The van der Waals surface area contributed by atoms with Gasteiger partial charge in [0.1, 0.15) is 5.69 Å². The van der Waals surface area contributed by atoms with Crippen LogP contribution in [0.1, 0.15) is 47.4 Å². The number of aryl methyl sites for hydroxylation is 1. The van der Waals surface area contributed by atoms with Gasteiger partial charge in [0.05, 0.1) is 18.8 Å². The van der Waals surface area contributed by atoms with Crippen LogP contribution >= 0.6 is 0 Å². The number of sulfonamides is 1. The average molecular weight is 392 g/mol. The third-order valence-corrected chi connectivity index (χ3v) is 6.70. The van der Waals surface area contributed by atoms with Crippen molar-refractivity contribution in [2.75, 3.05) is 19.3 Å². The van der Waals surface area contributed by atoms with Gasteiger partial charge in [0.2, 0.25) is 10.0 Å². The molecule has 1 fully saturated rings. The normalized spacial score (nSPS) is 21.3. The van der Waals surface area contributed by atoms with E-state index in [2.05, 4.69) is 10.2 Å². The Morgan fingerprint density at radius 1 is 1.19 bits per heavy atom. The molecular weight excluding hydrogens is 368 g/mol. The molecule has 9 nitrogen and oxygen atoms in total. The summed E-state index contributed by atoms with van der Waals surface area (Å²) in [6, 6.07) is 3.38. The summed E-state index contributed by atoms with van der Waals surface area (Å²) in [5.41, 5.74) is 0.638. The van der Waals surface area contributed by atoms with E-state index in [1.165, 1.54) is 10.6 Å². The molecule has 0 spiro atoms. The number of hydrogen-bond donors (Lipinski definition) is 0. The lowest BCUT2D eigenvalue weighted by Crippen LogP contribution is -2.42. The van der Waals surface area contributed by atoms with Gasteiger partial charge in [-0.15, -0.1) is 10.2 Å². The van der Waals surface area contributed by atoms with Gasteiger partial charge in [0.25, 0.3) is 5.91 Å². The van der Waals surface area contributed by atoms with E-state index >= 15 is 0 Å². The van der Waals surface area contributed by atoms with Crippen molar-refractivity contribution in [2.45, 2.75) is 38.4 Å². The standard InChI is InChI=1S/C17H24N6O3S/c1-20-8-5-7-14(20)17(24)21-10-11-22-15(12-21)18-19-16(22)13-6-3-4-9-23(13)27(2,25)26/h5,7-8,13H,3-4,6,9-12H2,1-2H3. The van der Waals surface area contributed by atoms with Gasteiger partial charge < -0.3 is 14.0 Å². The molecule has 1 unspecified atom stereocenters. The van der Waals surface area contributed by atoms with Crippen molar-refractivity contribution in [3.05, 3.63) is 35.7 Å². The van der Waals surface area contributed by atoms with E-state index in [1.54, 1.807) is 15.5 Å². The van der Waals surface area contributed by atoms with Gasteiger partial charge in [-0.05, 0) is 25.0 Å². The van der Waals surface area contributed by atoms with Crippen molar-refractivity contribution in [2.24, 2.45) is 7.05 Å². The smallest absolute Gasteiger partial charge is 0.270 e. The monoisotopic (exact) mass is 392 g/mol. The van der Waals surface area contributed by atoms with Gasteiger partial charge in [0, 0.05) is 32.9 Å². The van der Waals surface area contributed by atoms with Crippen molar-refractivity contribution >= 4 is 15.9 Å². The molecule has 0 radical (unpaired) electrons. The second-order valence-corrected chi connectivity index (χ2v) is 9.18. The van der Waals surface area contributed by atoms with Crippen molar-refractivity contribution in [1.82, 2.24) is 28.5 Å². The van der Waals surface area contributed by atoms with Gasteiger partial charge in [-0.1, -0.05) is 6.42 Å². The van der Waals surface area contributed by atoms with Crippen LogP contribution in [0.5, 0.6) is 0 Å². The summed E-state index contributed by atoms with van der Waals surface area (Å²) in [5.74, 6) is 1.37. The number of rotatable bonds is 3. The molecule has 4 rings (SSSR count). The van der Waals surface area contributed by atoms with E-state index in [4.69, 9.17) is 0 Å². The summed E-state index contributed by atoms with van der Waals surface area (Å²) < 4.78 is 29.7. The highest BCUT2D eigenvalue weighted by molar-refractivity contribution is 7.88. The van der Waals surface area contributed by atoms with Crippen LogP contribution in [0.4, 0.5) is 0 Å². The van der Waals surface area contributed by atoms with E-state index in [-0.39, 0.29) is 11.9 Å². The van der Waals surface area contributed by atoms with Crippen LogP contribution in [-0.2, 0) is 30.2 Å². The van der Waals surface area contributed by atoms with Crippen LogP contribution in [0.25, 0.3) is 0 Å². The lowest BCUT2D eigenvalue weighted by molar-refractivity contribution is 0.0695. The number of fused-ring (bicyclic) bond motifs is 1. The lowest BCUT2D eigenvalue weighted by Gasteiger charge is -2.34. The number of aromatic nitrogens is 4. The first-order valence-electron chi connectivity index (χ1n) is 9.15. The molecule has 2 aromatic rings. The Morgan fingerprint density at radius 3 is 2.70 bits per heavy atom. The fourth-order valence-electron chi connectivity index (χ4n) is 4.01. The summed E-state index contributed by atoms with van der Waals surface area (Å²) in [5, 5.41) is 8.60. The highest BCUT2D eigenvalue weighted by atomic mass is 32.2. The number of nitrogens with zero attached hydrogens (tertiary/aromatic N) is 6. The molecule has 10 heteroatoms. The summed E-state index contributed by atoms with van der Waals surface area (Å²) in [4.78, 5) is 14.5. The highest BCUT2D eigenvalue weighted by Gasteiger charge is 2.36. The quantitative estimate of drug-likeness (QED) is 0.769. The first-order valence-corrected chi connectivity index (χ1v) is 11.0. The third-order valence-electron chi connectivity index (χ3n) is 5.41. The summed E-state index contributed by atoms with van der Waals surface area (Å²) in [7, 11) is -1.45. The maximum atomic E-state index is 12.7. The van der Waals surface area contributed by atoms with E-state index in [0.717, 1.165) is 19.3 Å². The summed E-state index contributed by atoms with van der Waals surface area (Å²) in [6.07, 6.45) is 5.68. The van der Waals surface area contributed by atoms with Crippen LogP contribution in [0, 0.1) is 0 Å². The predicted molar refractivity (Wildman–Crippen MR) is 98.3 cm³/mol. The van der Waals surface area contributed by atoms with Gasteiger partial charge in [-0.2, -0.15) is 4.31 Å². The molecule has 2 aromatic heterocycles. The number of carbonyl (C=O) groups excluding carboxylic acids is 1. The Balaban J connectivity index is 1.58.